The van der Waals surface area contributed by atoms with Crippen LogP contribution >= 0.6 is 27.3 Å². The molecule has 0 saturated heterocycles. The van der Waals surface area contributed by atoms with Gasteiger partial charge in [-0.25, -0.2) is 13.4 Å². The highest BCUT2D eigenvalue weighted by atomic mass is 79.9. The van der Waals surface area contributed by atoms with Gasteiger partial charge in [-0.05, 0) is 59.6 Å². The average molecular weight is 376 g/mol. The topological polar surface area (TPSA) is 85.1 Å². The van der Waals surface area contributed by atoms with Crippen LogP contribution in [0.4, 0.5) is 5.82 Å². The Morgan fingerprint density at radius 2 is 2.20 bits per heavy atom. The number of aryl methyl sites for hydroxylation is 1. The van der Waals surface area contributed by atoms with Gasteiger partial charge in [0.25, 0.3) is 10.0 Å². The third-order valence-electron chi connectivity index (χ3n) is 2.58. The Labute approximate surface area is 130 Å². The highest BCUT2D eigenvalue weighted by Crippen LogP contribution is 2.25. The molecule has 0 aliphatic carbocycles. The maximum absolute atomic E-state index is 12.2. The summed E-state index contributed by atoms with van der Waals surface area (Å²) in [5.74, 6) is 0.305. The summed E-state index contributed by atoms with van der Waals surface area (Å²) in [6.07, 6.45) is 2.25. The van der Waals surface area contributed by atoms with E-state index < -0.39 is 10.0 Å². The summed E-state index contributed by atoms with van der Waals surface area (Å²) in [6.45, 7) is 2.37. The van der Waals surface area contributed by atoms with E-state index >= 15 is 0 Å². The summed E-state index contributed by atoms with van der Waals surface area (Å²) in [7, 11) is -3.59. The smallest absolute Gasteiger partial charge is 0.272 e. The summed E-state index contributed by atoms with van der Waals surface area (Å²) in [6, 6.07) is 5.05. The van der Waals surface area contributed by atoms with Crippen molar-refractivity contribution in [1.82, 2.24) is 4.98 Å². The highest BCUT2D eigenvalue weighted by Gasteiger charge is 2.17. The van der Waals surface area contributed by atoms with E-state index in [4.69, 9.17) is 5.73 Å². The number of nitrogens with one attached hydrogen (secondary N) is 1. The largest absolute Gasteiger partial charge is 0.330 e. The minimum atomic E-state index is -3.59. The van der Waals surface area contributed by atoms with E-state index in [9.17, 15) is 8.42 Å². The molecule has 2 heterocycles. The van der Waals surface area contributed by atoms with Crippen LogP contribution in [0.25, 0.3) is 0 Å². The van der Waals surface area contributed by atoms with Gasteiger partial charge in [-0.3, -0.25) is 4.72 Å². The zero-order valence-electron chi connectivity index (χ0n) is 10.8. The number of pyridine rings is 1. The number of nitrogens with zero attached hydrogens (tertiary/aromatic N) is 1. The molecule has 20 heavy (non-hydrogen) atoms. The molecule has 0 unspecified atom stereocenters. The lowest BCUT2D eigenvalue weighted by molar-refractivity contribution is 0.603. The minimum absolute atomic E-state index is 0.267. The molecule has 0 bridgehead atoms. The second-order valence-corrected chi connectivity index (χ2v) is 8.12. The molecule has 0 saturated carbocycles. The zero-order chi connectivity index (χ0) is 14.8. The summed E-state index contributed by atoms with van der Waals surface area (Å²) in [4.78, 5) is 4.99. The van der Waals surface area contributed by atoms with E-state index in [1.165, 1.54) is 11.3 Å². The lowest BCUT2D eigenvalue weighted by Crippen LogP contribution is -2.12. The number of hydrogen-bond donors (Lipinski definition) is 2. The summed E-state index contributed by atoms with van der Waals surface area (Å²) in [5.41, 5.74) is 6.37. The summed E-state index contributed by atoms with van der Waals surface area (Å²) in [5, 5.41) is 0. The van der Waals surface area contributed by atoms with Gasteiger partial charge in [0, 0.05) is 15.5 Å². The first-order valence-electron chi connectivity index (χ1n) is 5.86. The van der Waals surface area contributed by atoms with Crippen LogP contribution in [-0.2, 0) is 16.4 Å². The molecule has 0 aliphatic rings. The molecule has 5 nitrogen and oxygen atoms in total. The van der Waals surface area contributed by atoms with Gasteiger partial charge in [0.05, 0.1) is 0 Å². The quantitative estimate of drug-likeness (QED) is 0.840. The molecule has 2 aromatic heterocycles. The predicted molar refractivity (Wildman–Crippen MR) is 84.6 cm³/mol. The summed E-state index contributed by atoms with van der Waals surface area (Å²) >= 11 is 4.55. The van der Waals surface area contributed by atoms with E-state index in [0.29, 0.717) is 18.8 Å². The van der Waals surface area contributed by atoms with Crippen LogP contribution in [0.1, 0.15) is 10.4 Å². The summed E-state index contributed by atoms with van der Waals surface area (Å²) < 4.78 is 28.0. The van der Waals surface area contributed by atoms with Crippen molar-refractivity contribution in [2.45, 2.75) is 17.6 Å². The van der Waals surface area contributed by atoms with Crippen LogP contribution in [-0.4, -0.2) is 19.9 Å². The molecule has 0 radical (unpaired) electrons. The molecule has 0 aromatic carbocycles. The standard InChI is InChI=1S/C12H14BrN3O2S2/c1-8-6-11(15-7-10(8)13)16-20(17,18)12-3-2-9(19-12)4-5-14/h2-3,6-7H,4-5,14H2,1H3,(H,15,16). The fourth-order valence-electron chi connectivity index (χ4n) is 1.56. The van der Waals surface area contributed by atoms with E-state index in [2.05, 4.69) is 25.6 Å². The molecule has 0 fully saturated rings. The van der Waals surface area contributed by atoms with Gasteiger partial charge in [0.15, 0.2) is 0 Å². The number of hydrogen-bond acceptors (Lipinski definition) is 5. The Hall–Kier alpha value is -0.960. The lowest BCUT2D eigenvalue weighted by atomic mass is 10.3. The van der Waals surface area contributed by atoms with E-state index in [1.807, 2.05) is 6.92 Å². The molecule has 3 N–H and O–H groups in total. The van der Waals surface area contributed by atoms with Crippen LogP contribution < -0.4 is 10.5 Å². The minimum Gasteiger partial charge on any atom is -0.330 e. The van der Waals surface area contributed by atoms with E-state index in [-0.39, 0.29) is 4.21 Å². The molecule has 0 spiro atoms. The van der Waals surface area contributed by atoms with Gasteiger partial charge >= 0.3 is 0 Å². The number of sulfonamides is 1. The third kappa shape index (κ3) is 3.57. The van der Waals surface area contributed by atoms with Crippen molar-refractivity contribution in [3.8, 4) is 0 Å². The molecular formula is C12H14BrN3O2S2. The van der Waals surface area contributed by atoms with Crippen LogP contribution in [0, 0.1) is 6.92 Å². The molecule has 0 amide bonds. The van der Waals surface area contributed by atoms with Gasteiger partial charge in [0.1, 0.15) is 10.0 Å². The Balaban J connectivity index is 2.23. The number of aromatic nitrogens is 1. The van der Waals surface area contributed by atoms with Crippen molar-refractivity contribution in [2.75, 3.05) is 11.3 Å². The molecule has 108 valence electrons. The van der Waals surface area contributed by atoms with Crippen molar-refractivity contribution in [1.29, 1.82) is 0 Å². The Morgan fingerprint density at radius 1 is 1.45 bits per heavy atom. The predicted octanol–water partition coefficient (Wildman–Crippen LogP) is 2.52. The number of anilines is 1. The van der Waals surface area contributed by atoms with Crippen molar-refractivity contribution >= 4 is 43.1 Å². The van der Waals surface area contributed by atoms with Crippen molar-refractivity contribution in [3.63, 3.8) is 0 Å². The SMILES string of the molecule is Cc1cc(NS(=O)(=O)c2ccc(CCN)s2)ncc1Br. The van der Waals surface area contributed by atoms with Gasteiger partial charge in [0.2, 0.25) is 0 Å². The average Bonchev–Trinajstić information content (AvgIpc) is 2.83. The second-order valence-electron chi connectivity index (χ2n) is 4.18. The van der Waals surface area contributed by atoms with E-state index in [0.717, 1.165) is 14.9 Å². The molecular weight excluding hydrogens is 362 g/mol. The van der Waals surface area contributed by atoms with Gasteiger partial charge < -0.3 is 5.73 Å². The van der Waals surface area contributed by atoms with Crippen LogP contribution in [0.2, 0.25) is 0 Å². The fourth-order valence-corrected chi connectivity index (χ4v) is 4.15. The van der Waals surface area contributed by atoms with Crippen molar-refractivity contribution in [2.24, 2.45) is 5.73 Å². The molecule has 0 atom stereocenters. The first-order chi connectivity index (χ1) is 9.42. The normalized spacial score (nSPS) is 11.6. The number of thiophene rings is 1. The lowest BCUT2D eigenvalue weighted by Gasteiger charge is -2.06. The Morgan fingerprint density at radius 3 is 2.85 bits per heavy atom. The maximum Gasteiger partial charge on any atom is 0.272 e. The first-order valence-corrected chi connectivity index (χ1v) is 8.95. The second kappa shape index (κ2) is 6.21. The van der Waals surface area contributed by atoms with E-state index in [1.54, 1.807) is 24.4 Å². The number of halogens is 1. The number of rotatable bonds is 5. The fraction of sp³-hybridized carbons (Fsp3) is 0.250. The van der Waals surface area contributed by atoms with Crippen molar-refractivity contribution in [3.05, 3.63) is 39.3 Å². The van der Waals surface area contributed by atoms with Gasteiger partial charge in [-0.1, -0.05) is 0 Å². The Bertz CT molecular complexity index is 713. The van der Waals surface area contributed by atoms with Gasteiger partial charge in [-0.2, -0.15) is 0 Å². The molecule has 8 heteroatoms. The zero-order valence-corrected chi connectivity index (χ0v) is 14.0. The van der Waals surface area contributed by atoms with Crippen LogP contribution in [0.5, 0.6) is 0 Å². The van der Waals surface area contributed by atoms with Crippen LogP contribution in [0.3, 0.4) is 0 Å². The monoisotopic (exact) mass is 375 g/mol. The highest BCUT2D eigenvalue weighted by molar-refractivity contribution is 9.10. The Kier molecular flexibility index (Phi) is 4.79. The van der Waals surface area contributed by atoms with Crippen molar-refractivity contribution < 1.29 is 8.42 Å². The maximum atomic E-state index is 12.2. The van der Waals surface area contributed by atoms with Gasteiger partial charge in [-0.15, -0.1) is 11.3 Å². The first kappa shape index (κ1) is 15.4. The molecule has 0 aliphatic heterocycles. The third-order valence-corrected chi connectivity index (χ3v) is 6.40. The molecule has 2 rings (SSSR count). The number of nitrogens with two attached hydrogens (primary N) is 1. The molecule has 2 aromatic rings. The van der Waals surface area contributed by atoms with Crippen LogP contribution in [0.15, 0.2) is 33.1 Å².